The summed E-state index contributed by atoms with van der Waals surface area (Å²) in [7, 11) is 1.58. The smallest absolute Gasteiger partial charge is 0.245 e. The molecule has 2 aliphatic heterocycles. The molecule has 0 saturated carbocycles. The molecule has 1 atom stereocenters. The first-order valence-corrected chi connectivity index (χ1v) is 7.30. The van der Waals surface area contributed by atoms with Crippen molar-refractivity contribution in [1.82, 2.24) is 14.9 Å². The van der Waals surface area contributed by atoms with E-state index in [0.717, 1.165) is 19.4 Å². The number of carbonyl (C=O) groups is 1. The van der Waals surface area contributed by atoms with Gasteiger partial charge in [0.1, 0.15) is 6.04 Å². The fourth-order valence-corrected chi connectivity index (χ4v) is 2.84. The second kappa shape index (κ2) is 6.26. The molecule has 114 valence electrons. The van der Waals surface area contributed by atoms with Crippen molar-refractivity contribution in [2.45, 2.75) is 18.9 Å². The van der Waals surface area contributed by atoms with Crippen LogP contribution in [-0.4, -0.2) is 66.8 Å². The first-order chi connectivity index (χ1) is 10.3. The average molecular weight is 292 g/mol. The lowest BCUT2D eigenvalue weighted by atomic mass is 10.2. The van der Waals surface area contributed by atoms with Crippen molar-refractivity contribution in [1.29, 1.82) is 0 Å². The molecule has 1 unspecified atom stereocenters. The van der Waals surface area contributed by atoms with Crippen molar-refractivity contribution in [3.8, 4) is 5.88 Å². The summed E-state index contributed by atoms with van der Waals surface area (Å²) in [5.41, 5.74) is 0. The van der Waals surface area contributed by atoms with Gasteiger partial charge in [0.05, 0.1) is 20.3 Å². The molecule has 7 heteroatoms. The van der Waals surface area contributed by atoms with Crippen LogP contribution >= 0.6 is 0 Å². The fourth-order valence-electron chi connectivity index (χ4n) is 2.84. The lowest BCUT2D eigenvalue weighted by Gasteiger charge is -2.32. The van der Waals surface area contributed by atoms with Crippen molar-refractivity contribution in [2.75, 3.05) is 44.9 Å². The van der Waals surface area contributed by atoms with Gasteiger partial charge in [-0.25, -0.2) is 4.98 Å². The van der Waals surface area contributed by atoms with Crippen molar-refractivity contribution in [3.05, 3.63) is 12.3 Å². The van der Waals surface area contributed by atoms with Gasteiger partial charge in [-0.3, -0.25) is 4.79 Å². The maximum Gasteiger partial charge on any atom is 0.245 e. The monoisotopic (exact) mass is 292 g/mol. The quantitative estimate of drug-likeness (QED) is 0.799. The number of ether oxygens (including phenoxy) is 2. The minimum absolute atomic E-state index is 0.155. The number of rotatable bonds is 3. The van der Waals surface area contributed by atoms with Gasteiger partial charge >= 0.3 is 0 Å². The zero-order chi connectivity index (χ0) is 14.7. The van der Waals surface area contributed by atoms with Crippen LogP contribution in [-0.2, 0) is 9.53 Å². The van der Waals surface area contributed by atoms with Crippen LogP contribution in [0, 0.1) is 0 Å². The summed E-state index contributed by atoms with van der Waals surface area (Å²) in [5, 5.41) is 0. The van der Waals surface area contributed by atoms with Gasteiger partial charge in [0.2, 0.25) is 17.7 Å². The van der Waals surface area contributed by atoms with Gasteiger partial charge in [-0.15, -0.1) is 0 Å². The van der Waals surface area contributed by atoms with Gasteiger partial charge < -0.3 is 19.3 Å². The van der Waals surface area contributed by atoms with E-state index in [2.05, 4.69) is 9.97 Å². The Labute approximate surface area is 123 Å². The Morgan fingerprint density at radius 3 is 2.95 bits per heavy atom. The van der Waals surface area contributed by atoms with Gasteiger partial charge in [-0.05, 0) is 12.8 Å². The maximum absolute atomic E-state index is 12.7. The molecule has 1 aromatic heterocycles. The second-order valence-corrected chi connectivity index (χ2v) is 5.19. The molecule has 1 amide bonds. The van der Waals surface area contributed by atoms with E-state index < -0.39 is 0 Å². The van der Waals surface area contributed by atoms with E-state index in [1.807, 2.05) is 9.80 Å². The molecule has 3 heterocycles. The van der Waals surface area contributed by atoms with Crippen LogP contribution in [0.25, 0.3) is 0 Å². The minimum Gasteiger partial charge on any atom is -0.481 e. The predicted molar refractivity (Wildman–Crippen MR) is 76.4 cm³/mol. The van der Waals surface area contributed by atoms with Crippen molar-refractivity contribution >= 4 is 11.9 Å². The molecule has 2 aliphatic rings. The van der Waals surface area contributed by atoms with Crippen molar-refractivity contribution in [2.24, 2.45) is 0 Å². The van der Waals surface area contributed by atoms with E-state index in [-0.39, 0.29) is 11.9 Å². The summed E-state index contributed by atoms with van der Waals surface area (Å²) in [6.45, 7) is 3.38. The lowest BCUT2D eigenvalue weighted by molar-refractivity contribution is -0.136. The van der Waals surface area contributed by atoms with E-state index in [0.29, 0.717) is 38.1 Å². The van der Waals surface area contributed by atoms with Crippen LogP contribution < -0.4 is 9.64 Å². The highest BCUT2D eigenvalue weighted by molar-refractivity contribution is 5.85. The summed E-state index contributed by atoms with van der Waals surface area (Å²) in [6, 6.07) is 1.54. The number of morpholine rings is 1. The highest BCUT2D eigenvalue weighted by atomic mass is 16.5. The highest BCUT2D eigenvalue weighted by Gasteiger charge is 2.35. The third-order valence-electron chi connectivity index (χ3n) is 3.94. The number of aromatic nitrogens is 2. The zero-order valence-corrected chi connectivity index (χ0v) is 12.2. The number of methoxy groups -OCH3 is 1. The van der Waals surface area contributed by atoms with Gasteiger partial charge in [-0.1, -0.05) is 0 Å². The van der Waals surface area contributed by atoms with Crippen LogP contribution in [0.4, 0.5) is 5.95 Å². The Bertz CT molecular complexity index is 505. The minimum atomic E-state index is -0.171. The number of hydrogen-bond acceptors (Lipinski definition) is 6. The van der Waals surface area contributed by atoms with E-state index in [1.165, 1.54) is 0 Å². The summed E-state index contributed by atoms with van der Waals surface area (Å²) < 4.78 is 10.4. The lowest BCUT2D eigenvalue weighted by Crippen LogP contribution is -2.50. The van der Waals surface area contributed by atoms with Crippen LogP contribution in [0.5, 0.6) is 5.88 Å². The topological polar surface area (TPSA) is 67.8 Å². The van der Waals surface area contributed by atoms with E-state index in [9.17, 15) is 4.79 Å². The fraction of sp³-hybridized carbons (Fsp3) is 0.643. The molecular formula is C14H20N4O3. The summed E-state index contributed by atoms with van der Waals surface area (Å²) in [4.78, 5) is 25.2. The maximum atomic E-state index is 12.7. The Morgan fingerprint density at radius 2 is 2.19 bits per heavy atom. The molecule has 0 spiro atoms. The molecule has 0 aliphatic carbocycles. The van der Waals surface area contributed by atoms with Gasteiger partial charge in [0.25, 0.3) is 0 Å². The summed E-state index contributed by atoms with van der Waals surface area (Å²) in [6.07, 6.45) is 3.48. The van der Waals surface area contributed by atoms with E-state index in [4.69, 9.17) is 9.47 Å². The van der Waals surface area contributed by atoms with Crippen LogP contribution in [0.15, 0.2) is 12.3 Å². The molecule has 21 heavy (non-hydrogen) atoms. The number of amides is 1. The summed E-state index contributed by atoms with van der Waals surface area (Å²) in [5.74, 6) is 1.24. The molecule has 1 aromatic rings. The van der Waals surface area contributed by atoms with Crippen LogP contribution in [0.2, 0.25) is 0 Å². The van der Waals surface area contributed by atoms with Gasteiger partial charge in [-0.2, -0.15) is 4.98 Å². The number of anilines is 1. The third kappa shape index (κ3) is 2.92. The molecule has 0 bridgehead atoms. The highest BCUT2D eigenvalue weighted by Crippen LogP contribution is 2.25. The average Bonchev–Trinajstić information content (AvgIpc) is 3.04. The van der Waals surface area contributed by atoms with Crippen LogP contribution in [0.1, 0.15) is 12.8 Å². The Morgan fingerprint density at radius 1 is 1.38 bits per heavy atom. The Hall–Kier alpha value is -1.89. The normalized spacial score (nSPS) is 22.4. The molecule has 0 N–H and O–H groups in total. The number of carbonyl (C=O) groups excluding carboxylic acids is 1. The Kier molecular flexibility index (Phi) is 4.19. The third-order valence-corrected chi connectivity index (χ3v) is 3.94. The van der Waals surface area contributed by atoms with Crippen molar-refractivity contribution in [3.63, 3.8) is 0 Å². The zero-order valence-electron chi connectivity index (χ0n) is 12.2. The second-order valence-electron chi connectivity index (χ2n) is 5.19. The Balaban J connectivity index is 1.76. The summed E-state index contributed by atoms with van der Waals surface area (Å²) >= 11 is 0. The van der Waals surface area contributed by atoms with E-state index >= 15 is 0 Å². The molecule has 0 radical (unpaired) electrons. The largest absolute Gasteiger partial charge is 0.481 e. The van der Waals surface area contributed by atoms with Crippen molar-refractivity contribution < 1.29 is 14.3 Å². The van der Waals surface area contributed by atoms with E-state index in [1.54, 1.807) is 19.4 Å². The molecular weight excluding hydrogens is 272 g/mol. The predicted octanol–water partition coefficient (Wildman–Crippen LogP) is 0.313. The SMILES string of the molecule is COc1ccnc(N2CCCC2C(=O)N2CCOCC2)n1. The van der Waals surface area contributed by atoms with Gasteiger partial charge in [0, 0.05) is 31.9 Å². The number of hydrogen-bond donors (Lipinski definition) is 0. The molecule has 2 saturated heterocycles. The first kappa shape index (κ1) is 14.1. The number of nitrogens with zero attached hydrogens (tertiary/aromatic N) is 4. The molecule has 2 fully saturated rings. The first-order valence-electron chi connectivity index (χ1n) is 7.30. The molecule has 7 nitrogen and oxygen atoms in total. The standard InChI is InChI=1S/C14H20N4O3/c1-20-12-4-5-15-14(16-12)18-6-2-3-11(18)13(19)17-7-9-21-10-8-17/h4-5,11H,2-3,6-10H2,1H3. The molecule has 3 rings (SSSR count). The van der Waals surface area contributed by atoms with Crippen LogP contribution in [0.3, 0.4) is 0 Å². The molecule has 0 aromatic carbocycles. The van der Waals surface area contributed by atoms with Gasteiger partial charge in [0.15, 0.2) is 0 Å².